The molecule has 2 aliphatic heterocycles. The Morgan fingerprint density at radius 1 is 1.12 bits per heavy atom. The van der Waals surface area contributed by atoms with Crippen LogP contribution in [-0.2, 0) is 4.79 Å². The molecule has 5 rings (SSSR count). The van der Waals surface area contributed by atoms with E-state index in [-0.39, 0.29) is 11.4 Å². The van der Waals surface area contributed by atoms with E-state index in [1.165, 1.54) is 27.5 Å². The van der Waals surface area contributed by atoms with E-state index < -0.39 is 5.91 Å². The van der Waals surface area contributed by atoms with Gasteiger partial charge in [0.2, 0.25) is 5.17 Å². The van der Waals surface area contributed by atoms with Crippen molar-refractivity contribution in [1.82, 2.24) is 9.58 Å². The number of aliphatic imine (C=N–C) groups is 1. The maximum atomic E-state index is 12.8. The number of nitrogens with zero attached hydrogens (tertiary/aromatic N) is 4. The fourth-order valence-electron chi connectivity index (χ4n) is 4.21. The normalized spacial score (nSPS) is 17.2. The first-order valence-corrected chi connectivity index (χ1v) is 11.5. The predicted octanol–water partition coefficient (Wildman–Crippen LogP) is 5.67. The minimum atomic E-state index is -0.392. The van der Waals surface area contributed by atoms with Gasteiger partial charge in [-0.1, -0.05) is 43.3 Å². The van der Waals surface area contributed by atoms with Crippen molar-refractivity contribution in [1.29, 1.82) is 5.41 Å². The number of aromatic nitrogens is 1. The largest absolute Gasteiger partial charge is 0.317 e. The van der Waals surface area contributed by atoms with E-state index in [4.69, 9.17) is 5.41 Å². The Labute approximate surface area is 190 Å². The summed E-state index contributed by atoms with van der Waals surface area (Å²) in [6.45, 7) is 6.17. The topological polar surface area (TPSA) is 73.8 Å². The zero-order valence-electron chi connectivity index (χ0n) is 18.2. The lowest BCUT2D eigenvalue weighted by Crippen LogP contribution is -2.35. The molecule has 1 aromatic heterocycles. The number of thioether (sulfide) groups is 1. The fourth-order valence-corrected chi connectivity index (χ4v) is 5.20. The predicted molar refractivity (Wildman–Crippen MR) is 133 cm³/mol. The van der Waals surface area contributed by atoms with E-state index >= 15 is 0 Å². The van der Waals surface area contributed by atoms with Crippen molar-refractivity contribution in [2.24, 2.45) is 10.1 Å². The van der Waals surface area contributed by atoms with Crippen LogP contribution in [0.2, 0.25) is 0 Å². The van der Waals surface area contributed by atoms with Gasteiger partial charge in [-0.05, 0) is 67.6 Å². The van der Waals surface area contributed by atoms with Crippen molar-refractivity contribution in [2.75, 3.05) is 0 Å². The Balaban J connectivity index is 1.58. The number of amides is 1. The summed E-state index contributed by atoms with van der Waals surface area (Å²) in [5.74, 6) is -0.315. The average Bonchev–Trinajstić information content (AvgIpc) is 3.30. The quantitative estimate of drug-likeness (QED) is 0.530. The molecule has 2 aromatic carbocycles. The summed E-state index contributed by atoms with van der Waals surface area (Å²) in [4.78, 5) is 17.0. The molecule has 0 atom stereocenters. The summed E-state index contributed by atoms with van der Waals surface area (Å²) in [5.41, 5.74) is 4.32. The minimum Gasteiger partial charge on any atom is -0.317 e. The molecular formula is C25H23N5OS. The van der Waals surface area contributed by atoms with Gasteiger partial charge in [-0.3, -0.25) is 10.2 Å². The van der Waals surface area contributed by atoms with E-state index in [0.717, 1.165) is 40.5 Å². The summed E-state index contributed by atoms with van der Waals surface area (Å²) in [6, 6.07) is 16.6. The highest BCUT2D eigenvalue weighted by Crippen LogP contribution is 2.32. The molecule has 32 heavy (non-hydrogen) atoms. The number of carbonyl (C=O) groups excluding carboxylic acids is 1. The third kappa shape index (κ3) is 3.29. The highest BCUT2D eigenvalue weighted by molar-refractivity contribution is 8.26. The SMILES string of the molecule is CCCC1=NN2C(=N)/C(=C/c3cc(C)n(-c4cccc5ccccc45)c3C)C(=O)N=C2S1. The second-order valence-electron chi connectivity index (χ2n) is 7.92. The summed E-state index contributed by atoms with van der Waals surface area (Å²) < 4.78 is 2.20. The average molecular weight is 442 g/mol. The van der Waals surface area contributed by atoms with Gasteiger partial charge in [-0.2, -0.15) is 15.1 Å². The molecule has 0 saturated carbocycles. The van der Waals surface area contributed by atoms with Crippen LogP contribution in [0.4, 0.5) is 0 Å². The highest BCUT2D eigenvalue weighted by Gasteiger charge is 2.35. The van der Waals surface area contributed by atoms with Crippen LogP contribution in [0, 0.1) is 19.3 Å². The molecule has 2 aliphatic rings. The number of hydrazone groups is 1. The molecule has 3 aromatic rings. The minimum absolute atomic E-state index is 0.0774. The van der Waals surface area contributed by atoms with Crippen LogP contribution >= 0.6 is 11.8 Å². The van der Waals surface area contributed by atoms with Crippen molar-refractivity contribution >= 4 is 50.6 Å². The lowest BCUT2D eigenvalue weighted by Gasteiger charge is -2.20. The van der Waals surface area contributed by atoms with Crippen LogP contribution in [-0.4, -0.2) is 31.5 Å². The van der Waals surface area contributed by atoms with Crippen LogP contribution < -0.4 is 0 Å². The van der Waals surface area contributed by atoms with Gasteiger partial charge in [-0.25, -0.2) is 0 Å². The summed E-state index contributed by atoms with van der Waals surface area (Å²) in [6.07, 6.45) is 3.54. The lowest BCUT2D eigenvalue weighted by molar-refractivity contribution is -0.114. The monoisotopic (exact) mass is 441 g/mol. The molecule has 160 valence electrons. The molecule has 3 heterocycles. The Bertz CT molecular complexity index is 1370. The number of fused-ring (bicyclic) bond motifs is 2. The zero-order chi connectivity index (χ0) is 22.4. The molecule has 6 nitrogen and oxygen atoms in total. The molecule has 0 radical (unpaired) electrons. The first-order chi connectivity index (χ1) is 15.5. The van der Waals surface area contributed by atoms with Gasteiger partial charge in [0.25, 0.3) is 5.91 Å². The molecule has 7 heteroatoms. The van der Waals surface area contributed by atoms with Crippen LogP contribution in [0.25, 0.3) is 22.5 Å². The number of hydrogen-bond donors (Lipinski definition) is 1. The number of aryl methyl sites for hydroxylation is 1. The molecule has 0 unspecified atom stereocenters. The van der Waals surface area contributed by atoms with Gasteiger partial charge in [0.05, 0.1) is 11.3 Å². The number of nitrogens with one attached hydrogen (secondary N) is 1. The standard InChI is InChI=1S/C25H23N5OS/c1-4-8-22-28-30-23(26)20(24(31)27-25(30)32-22)14-18-13-15(2)29(16(18)3)21-12-7-10-17-9-5-6-11-19(17)21/h5-7,9-14,26H,4,8H2,1-3H3/b20-14-,26-23?. The van der Waals surface area contributed by atoms with E-state index in [1.54, 1.807) is 6.08 Å². The van der Waals surface area contributed by atoms with Gasteiger partial charge in [0.15, 0.2) is 5.84 Å². The Hall–Kier alpha value is -3.45. The van der Waals surface area contributed by atoms with E-state index in [2.05, 4.69) is 64.9 Å². The van der Waals surface area contributed by atoms with Crippen molar-refractivity contribution in [3.63, 3.8) is 0 Å². The smallest absolute Gasteiger partial charge is 0.283 e. The molecule has 0 fully saturated rings. The number of carbonyl (C=O) groups is 1. The maximum Gasteiger partial charge on any atom is 0.283 e. The molecular weight excluding hydrogens is 418 g/mol. The Morgan fingerprint density at radius 3 is 2.72 bits per heavy atom. The summed E-state index contributed by atoms with van der Waals surface area (Å²) in [5, 5.41) is 18.3. The van der Waals surface area contributed by atoms with Gasteiger partial charge in [-0.15, -0.1) is 0 Å². The highest BCUT2D eigenvalue weighted by atomic mass is 32.2. The zero-order valence-corrected chi connectivity index (χ0v) is 19.0. The third-order valence-electron chi connectivity index (χ3n) is 5.74. The molecule has 0 aliphatic carbocycles. The molecule has 0 bridgehead atoms. The lowest BCUT2D eigenvalue weighted by atomic mass is 10.1. The van der Waals surface area contributed by atoms with Gasteiger partial charge >= 0.3 is 0 Å². The van der Waals surface area contributed by atoms with Crippen LogP contribution in [0.15, 0.2) is 64.2 Å². The molecule has 1 N–H and O–H groups in total. The van der Waals surface area contributed by atoms with Crippen molar-refractivity contribution < 1.29 is 4.79 Å². The van der Waals surface area contributed by atoms with Crippen LogP contribution in [0.5, 0.6) is 0 Å². The fraction of sp³-hybridized carbons (Fsp3) is 0.200. The van der Waals surface area contributed by atoms with Crippen molar-refractivity contribution in [3.05, 3.63) is 71.1 Å². The first-order valence-electron chi connectivity index (χ1n) is 10.6. The number of amidine groups is 2. The van der Waals surface area contributed by atoms with Crippen LogP contribution in [0.1, 0.15) is 36.7 Å². The second kappa shape index (κ2) is 7.91. The Morgan fingerprint density at radius 2 is 1.91 bits per heavy atom. The Kier molecular flexibility index (Phi) is 5.06. The van der Waals surface area contributed by atoms with Crippen LogP contribution in [0.3, 0.4) is 0 Å². The molecule has 1 amide bonds. The summed E-state index contributed by atoms with van der Waals surface area (Å²) in [7, 11) is 0. The first kappa shape index (κ1) is 20.5. The number of benzene rings is 2. The summed E-state index contributed by atoms with van der Waals surface area (Å²) >= 11 is 1.38. The number of hydrogen-bond acceptors (Lipinski definition) is 4. The van der Waals surface area contributed by atoms with E-state index in [0.29, 0.717) is 5.17 Å². The van der Waals surface area contributed by atoms with Gasteiger partial charge < -0.3 is 4.57 Å². The van der Waals surface area contributed by atoms with E-state index in [9.17, 15) is 4.79 Å². The number of rotatable bonds is 4. The third-order valence-corrected chi connectivity index (χ3v) is 6.71. The van der Waals surface area contributed by atoms with Crippen molar-refractivity contribution in [2.45, 2.75) is 33.6 Å². The second-order valence-corrected chi connectivity index (χ2v) is 8.96. The molecule has 0 saturated heterocycles. The van der Waals surface area contributed by atoms with Gasteiger partial charge in [0.1, 0.15) is 5.04 Å². The van der Waals surface area contributed by atoms with Crippen molar-refractivity contribution in [3.8, 4) is 5.69 Å². The van der Waals surface area contributed by atoms with Gasteiger partial charge in [0, 0.05) is 16.8 Å². The maximum absolute atomic E-state index is 12.8. The van der Waals surface area contributed by atoms with E-state index in [1.807, 2.05) is 19.1 Å². The molecule has 0 spiro atoms.